The average Bonchev–Trinajstić information content (AvgIpc) is 2.17. The summed E-state index contributed by atoms with van der Waals surface area (Å²) in [6, 6.07) is 8.74. The zero-order chi connectivity index (χ0) is 10.6. The molecule has 0 heterocycles. The van der Waals surface area contributed by atoms with E-state index in [4.69, 9.17) is 5.73 Å². The van der Waals surface area contributed by atoms with E-state index in [1.807, 2.05) is 0 Å². The Morgan fingerprint density at radius 1 is 1.21 bits per heavy atom. The minimum Gasteiger partial charge on any atom is -0.324 e. The zero-order valence-electron chi connectivity index (χ0n) is 9.16. The fourth-order valence-electron chi connectivity index (χ4n) is 1.50. The molecule has 14 heavy (non-hydrogen) atoms. The van der Waals surface area contributed by atoms with Crippen molar-refractivity contribution < 1.29 is 0 Å². The fraction of sp³-hybridized carbons (Fsp3) is 0.500. The Bertz CT molecular complexity index is 266. The van der Waals surface area contributed by atoms with Gasteiger partial charge in [0, 0.05) is 10.9 Å². The fourth-order valence-corrected chi connectivity index (χ4v) is 1.90. The molecule has 1 atom stereocenters. The van der Waals surface area contributed by atoms with Crippen LogP contribution in [0.3, 0.4) is 0 Å². The second-order valence-electron chi connectivity index (χ2n) is 4.01. The van der Waals surface area contributed by atoms with Crippen LogP contribution < -0.4 is 5.73 Å². The third-order valence-electron chi connectivity index (χ3n) is 2.27. The number of benzene rings is 1. The first-order chi connectivity index (χ1) is 6.63. The largest absolute Gasteiger partial charge is 0.324 e. The van der Waals surface area contributed by atoms with Crippen LogP contribution in [-0.4, -0.2) is 6.26 Å². The van der Waals surface area contributed by atoms with Crippen molar-refractivity contribution in [1.82, 2.24) is 0 Å². The summed E-state index contributed by atoms with van der Waals surface area (Å²) in [7, 11) is 0. The topological polar surface area (TPSA) is 26.0 Å². The highest BCUT2D eigenvalue weighted by atomic mass is 32.2. The first-order valence-electron chi connectivity index (χ1n) is 5.03. The van der Waals surface area contributed by atoms with Gasteiger partial charge in [0.1, 0.15) is 0 Å². The number of thioether (sulfide) groups is 1. The molecule has 0 bridgehead atoms. The van der Waals surface area contributed by atoms with Gasteiger partial charge in [0.2, 0.25) is 0 Å². The van der Waals surface area contributed by atoms with E-state index in [-0.39, 0.29) is 6.04 Å². The summed E-state index contributed by atoms with van der Waals surface area (Å²) in [5.74, 6) is 0.658. The zero-order valence-corrected chi connectivity index (χ0v) is 9.97. The van der Waals surface area contributed by atoms with Crippen LogP contribution >= 0.6 is 11.8 Å². The van der Waals surface area contributed by atoms with Crippen LogP contribution in [0.25, 0.3) is 0 Å². The molecular weight excluding hydrogens is 190 g/mol. The van der Waals surface area contributed by atoms with Gasteiger partial charge in [0.05, 0.1) is 0 Å². The number of rotatable bonds is 4. The van der Waals surface area contributed by atoms with E-state index in [1.165, 1.54) is 10.5 Å². The highest BCUT2D eigenvalue weighted by molar-refractivity contribution is 7.98. The van der Waals surface area contributed by atoms with Gasteiger partial charge in [-0.25, -0.2) is 0 Å². The Morgan fingerprint density at radius 3 is 2.21 bits per heavy atom. The van der Waals surface area contributed by atoms with Crippen LogP contribution in [0.15, 0.2) is 29.2 Å². The maximum atomic E-state index is 6.08. The Morgan fingerprint density at radius 2 is 1.79 bits per heavy atom. The lowest BCUT2D eigenvalue weighted by atomic mass is 9.98. The maximum absolute atomic E-state index is 6.08. The van der Waals surface area contributed by atoms with E-state index in [2.05, 4.69) is 44.4 Å². The molecule has 1 aromatic rings. The van der Waals surface area contributed by atoms with Crippen LogP contribution in [0, 0.1) is 5.92 Å². The summed E-state index contributed by atoms with van der Waals surface area (Å²) >= 11 is 1.76. The SMILES string of the molecule is CSc1ccc([C@@H](N)CC(C)C)cc1. The van der Waals surface area contributed by atoms with Crippen molar-refractivity contribution in [2.24, 2.45) is 11.7 Å². The monoisotopic (exact) mass is 209 g/mol. The molecule has 1 rings (SSSR count). The van der Waals surface area contributed by atoms with Crippen molar-refractivity contribution in [1.29, 1.82) is 0 Å². The van der Waals surface area contributed by atoms with Crippen molar-refractivity contribution >= 4 is 11.8 Å². The molecule has 0 spiro atoms. The highest BCUT2D eigenvalue weighted by Gasteiger charge is 2.07. The summed E-state index contributed by atoms with van der Waals surface area (Å²) in [6.07, 6.45) is 3.14. The predicted molar refractivity (Wildman–Crippen MR) is 64.6 cm³/mol. The van der Waals surface area contributed by atoms with Gasteiger partial charge in [0.15, 0.2) is 0 Å². The summed E-state index contributed by atoms with van der Waals surface area (Å²) in [5, 5.41) is 0. The van der Waals surface area contributed by atoms with Crippen LogP contribution in [-0.2, 0) is 0 Å². The molecule has 0 radical (unpaired) electrons. The third-order valence-corrected chi connectivity index (χ3v) is 3.01. The van der Waals surface area contributed by atoms with Crippen molar-refractivity contribution in [3.05, 3.63) is 29.8 Å². The lowest BCUT2D eigenvalue weighted by Gasteiger charge is -2.14. The maximum Gasteiger partial charge on any atom is 0.0297 e. The van der Waals surface area contributed by atoms with Crippen molar-refractivity contribution in [2.45, 2.75) is 31.2 Å². The highest BCUT2D eigenvalue weighted by Crippen LogP contribution is 2.21. The minimum atomic E-state index is 0.186. The Kier molecular flexibility index (Phi) is 4.49. The van der Waals surface area contributed by atoms with Crippen molar-refractivity contribution in [2.75, 3.05) is 6.26 Å². The second kappa shape index (κ2) is 5.42. The molecule has 0 fully saturated rings. The number of hydrogen-bond donors (Lipinski definition) is 1. The molecule has 2 heteroatoms. The normalized spacial score (nSPS) is 13.2. The summed E-state index contributed by atoms with van der Waals surface area (Å²) in [4.78, 5) is 1.30. The number of hydrogen-bond acceptors (Lipinski definition) is 2. The van der Waals surface area contributed by atoms with Crippen LogP contribution in [0.2, 0.25) is 0 Å². The van der Waals surface area contributed by atoms with Crippen LogP contribution in [0.5, 0.6) is 0 Å². The van der Waals surface area contributed by atoms with Crippen molar-refractivity contribution in [3.8, 4) is 0 Å². The van der Waals surface area contributed by atoms with Crippen LogP contribution in [0.4, 0.5) is 0 Å². The van der Waals surface area contributed by atoms with Gasteiger partial charge in [-0.3, -0.25) is 0 Å². The second-order valence-corrected chi connectivity index (χ2v) is 4.89. The van der Waals surface area contributed by atoms with E-state index in [0.29, 0.717) is 5.92 Å². The first-order valence-corrected chi connectivity index (χ1v) is 6.25. The molecule has 1 aromatic carbocycles. The Balaban J connectivity index is 2.66. The smallest absolute Gasteiger partial charge is 0.0297 e. The molecule has 0 aromatic heterocycles. The van der Waals surface area contributed by atoms with E-state index in [1.54, 1.807) is 11.8 Å². The van der Waals surface area contributed by atoms with Gasteiger partial charge in [-0.2, -0.15) is 0 Å². The van der Waals surface area contributed by atoms with Gasteiger partial charge >= 0.3 is 0 Å². The van der Waals surface area contributed by atoms with Crippen molar-refractivity contribution in [3.63, 3.8) is 0 Å². The molecule has 0 unspecified atom stereocenters. The number of nitrogens with two attached hydrogens (primary N) is 1. The van der Waals surface area contributed by atoms with Gasteiger partial charge in [0.25, 0.3) is 0 Å². The molecule has 2 N–H and O–H groups in total. The van der Waals surface area contributed by atoms with Gasteiger partial charge in [-0.15, -0.1) is 11.8 Å². The lowest BCUT2D eigenvalue weighted by molar-refractivity contribution is 0.510. The molecule has 78 valence electrons. The molecule has 0 aliphatic rings. The molecule has 0 saturated heterocycles. The van der Waals surface area contributed by atoms with E-state index in [0.717, 1.165) is 6.42 Å². The third kappa shape index (κ3) is 3.35. The van der Waals surface area contributed by atoms with E-state index in [9.17, 15) is 0 Å². The minimum absolute atomic E-state index is 0.186. The Labute approximate surface area is 91.1 Å². The molecule has 1 nitrogen and oxygen atoms in total. The molecule has 0 aliphatic heterocycles. The molecular formula is C12H19NS. The molecule has 0 aliphatic carbocycles. The van der Waals surface area contributed by atoms with Gasteiger partial charge in [-0.1, -0.05) is 26.0 Å². The summed E-state index contributed by atoms with van der Waals surface area (Å²) < 4.78 is 0. The first kappa shape index (κ1) is 11.6. The lowest BCUT2D eigenvalue weighted by Crippen LogP contribution is -2.12. The molecule has 0 amide bonds. The van der Waals surface area contributed by atoms with Gasteiger partial charge in [-0.05, 0) is 36.3 Å². The predicted octanol–water partition coefficient (Wildman–Crippen LogP) is 3.45. The molecule has 0 saturated carbocycles. The standard InChI is InChI=1S/C12H19NS/c1-9(2)8-12(13)10-4-6-11(14-3)7-5-10/h4-7,9,12H,8,13H2,1-3H3/t12-/m0/s1. The van der Waals surface area contributed by atoms with E-state index < -0.39 is 0 Å². The quantitative estimate of drug-likeness (QED) is 0.769. The Hall–Kier alpha value is -0.470. The summed E-state index contributed by atoms with van der Waals surface area (Å²) in [5.41, 5.74) is 7.33. The van der Waals surface area contributed by atoms with E-state index >= 15 is 0 Å². The van der Waals surface area contributed by atoms with Crippen LogP contribution in [0.1, 0.15) is 31.9 Å². The summed E-state index contributed by atoms with van der Waals surface area (Å²) in [6.45, 7) is 4.41. The average molecular weight is 209 g/mol. The van der Waals surface area contributed by atoms with Gasteiger partial charge < -0.3 is 5.73 Å².